The molecule has 0 unspecified atom stereocenters. The number of carbonyl (C=O) groups excluding carboxylic acids is 2. The third kappa shape index (κ3) is 5.86. The van der Waals surface area contributed by atoms with Crippen LogP contribution in [0.15, 0.2) is 29.2 Å². The smallest absolute Gasteiger partial charge is 0.309 e. The average molecular weight is 451 g/mol. The molecule has 2 fully saturated rings. The number of carbonyl (C=O) groups is 2. The van der Waals surface area contributed by atoms with Crippen molar-refractivity contribution in [1.82, 2.24) is 9.62 Å². The van der Waals surface area contributed by atoms with Gasteiger partial charge in [0.15, 0.2) is 6.10 Å². The first-order valence-corrected chi connectivity index (χ1v) is 12.7. The Morgan fingerprint density at radius 2 is 1.68 bits per heavy atom. The molecule has 3 atom stereocenters. The average Bonchev–Trinajstić information content (AvgIpc) is 2.75. The Labute approximate surface area is 185 Å². The molecule has 1 aromatic carbocycles. The van der Waals surface area contributed by atoms with E-state index in [0.29, 0.717) is 18.8 Å². The minimum atomic E-state index is -3.57. The van der Waals surface area contributed by atoms with Gasteiger partial charge in [0.1, 0.15) is 0 Å². The lowest BCUT2D eigenvalue weighted by molar-refractivity contribution is -0.160. The molecule has 0 spiro atoms. The molecule has 1 aliphatic carbocycles. The van der Waals surface area contributed by atoms with Crippen LogP contribution in [-0.4, -0.2) is 49.8 Å². The van der Waals surface area contributed by atoms with E-state index in [2.05, 4.69) is 12.2 Å². The van der Waals surface area contributed by atoms with Crippen LogP contribution in [0.2, 0.25) is 0 Å². The molecule has 3 rings (SSSR count). The van der Waals surface area contributed by atoms with E-state index in [4.69, 9.17) is 4.74 Å². The summed E-state index contributed by atoms with van der Waals surface area (Å²) in [6.45, 7) is 6.16. The molecule has 1 amide bonds. The van der Waals surface area contributed by atoms with E-state index in [-0.39, 0.29) is 29.9 Å². The fourth-order valence-electron chi connectivity index (χ4n) is 4.35. The summed E-state index contributed by atoms with van der Waals surface area (Å²) >= 11 is 0. The van der Waals surface area contributed by atoms with Crippen LogP contribution in [0, 0.1) is 18.8 Å². The summed E-state index contributed by atoms with van der Waals surface area (Å²) < 4.78 is 32.5. The molecular formula is C23H34N2O5S. The molecule has 0 bridgehead atoms. The number of rotatable bonds is 6. The highest BCUT2D eigenvalue weighted by Crippen LogP contribution is 2.26. The lowest BCUT2D eigenvalue weighted by Crippen LogP contribution is -2.47. The number of hydrogen-bond acceptors (Lipinski definition) is 5. The van der Waals surface area contributed by atoms with Gasteiger partial charge in [-0.25, -0.2) is 8.42 Å². The van der Waals surface area contributed by atoms with Crippen molar-refractivity contribution in [2.45, 2.75) is 76.3 Å². The Hall–Kier alpha value is -1.93. The van der Waals surface area contributed by atoms with Gasteiger partial charge < -0.3 is 10.1 Å². The summed E-state index contributed by atoms with van der Waals surface area (Å²) in [5, 5.41) is 3.02. The van der Waals surface area contributed by atoms with Crippen LogP contribution >= 0.6 is 0 Å². The maximum atomic E-state index is 12.8. The van der Waals surface area contributed by atoms with Gasteiger partial charge in [0.05, 0.1) is 10.8 Å². The molecule has 172 valence electrons. The zero-order valence-corrected chi connectivity index (χ0v) is 19.5. The maximum Gasteiger partial charge on any atom is 0.309 e. The fourth-order valence-corrected chi connectivity index (χ4v) is 5.82. The highest BCUT2D eigenvalue weighted by Gasteiger charge is 2.34. The number of sulfonamides is 1. The molecule has 8 heteroatoms. The second-order valence-electron chi connectivity index (χ2n) is 8.95. The van der Waals surface area contributed by atoms with Crippen LogP contribution in [0.5, 0.6) is 0 Å². The lowest BCUT2D eigenvalue weighted by atomic mass is 9.86. The quantitative estimate of drug-likeness (QED) is 0.673. The Morgan fingerprint density at radius 3 is 2.29 bits per heavy atom. The number of amides is 1. The Kier molecular flexibility index (Phi) is 7.75. The third-order valence-electron chi connectivity index (χ3n) is 6.55. The van der Waals surface area contributed by atoms with Crippen molar-refractivity contribution in [2.24, 2.45) is 11.8 Å². The van der Waals surface area contributed by atoms with Crippen molar-refractivity contribution >= 4 is 21.9 Å². The molecule has 31 heavy (non-hydrogen) atoms. The highest BCUT2D eigenvalue weighted by molar-refractivity contribution is 7.89. The first kappa shape index (κ1) is 23.7. The molecule has 1 N–H and O–H groups in total. The number of nitrogens with one attached hydrogen (secondary N) is 1. The first-order valence-electron chi connectivity index (χ1n) is 11.3. The SMILES string of the molecule is Cc1ccc(S(=O)(=O)N2CCC(C(=O)O[C@H](C)C(=O)N[C@H]3CCCC[C@H]3C)CC2)cc1. The van der Waals surface area contributed by atoms with Gasteiger partial charge in [-0.1, -0.05) is 37.5 Å². The standard InChI is InChI=1S/C23H34N2O5S/c1-16-8-10-20(11-9-16)31(28,29)25-14-12-19(13-15-25)23(27)30-18(3)22(26)24-21-7-5-4-6-17(21)2/h8-11,17-19,21H,4-7,12-15H2,1-3H3,(H,24,26)/t17-,18-,21+/m1/s1. The van der Waals surface area contributed by atoms with E-state index < -0.39 is 28.0 Å². The van der Waals surface area contributed by atoms with Crippen LogP contribution in [-0.2, 0) is 24.3 Å². The van der Waals surface area contributed by atoms with Crippen molar-refractivity contribution in [3.63, 3.8) is 0 Å². The number of benzene rings is 1. The molecule has 1 heterocycles. The third-order valence-corrected chi connectivity index (χ3v) is 8.46. The summed E-state index contributed by atoms with van der Waals surface area (Å²) in [5.41, 5.74) is 0.997. The molecule has 1 aliphatic heterocycles. The van der Waals surface area contributed by atoms with Gasteiger partial charge in [-0.3, -0.25) is 9.59 Å². The van der Waals surface area contributed by atoms with Crippen molar-refractivity contribution in [3.8, 4) is 0 Å². The van der Waals surface area contributed by atoms with Gasteiger partial charge >= 0.3 is 5.97 Å². The van der Waals surface area contributed by atoms with Crippen molar-refractivity contribution < 1.29 is 22.7 Å². The fraction of sp³-hybridized carbons (Fsp3) is 0.652. The number of hydrogen-bond donors (Lipinski definition) is 1. The van der Waals surface area contributed by atoms with Crippen molar-refractivity contribution in [2.75, 3.05) is 13.1 Å². The van der Waals surface area contributed by atoms with Crippen LogP contribution in [0.3, 0.4) is 0 Å². The van der Waals surface area contributed by atoms with Crippen molar-refractivity contribution in [1.29, 1.82) is 0 Å². The molecular weight excluding hydrogens is 416 g/mol. The Morgan fingerprint density at radius 1 is 1.06 bits per heavy atom. The van der Waals surface area contributed by atoms with Crippen molar-refractivity contribution in [3.05, 3.63) is 29.8 Å². The highest BCUT2D eigenvalue weighted by atomic mass is 32.2. The molecule has 0 aromatic heterocycles. The van der Waals surface area contributed by atoms with E-state index in [9.17, 15) is 18.0 Å². The maximum absolute atomic E-state index is 12.8. The second kappa shape index (κ2) is 10.1. The van der Waals surface area contributed by atoms with E-state index >= 15 is 0 Å². The predicted molar refractivity (Wildman–Crippen MR) is 118 cm³/mol. The molecule has 2 aliphatic rings. The normalized spacial score (nSPS) is 24.4. The van der Waals surface area contributed by atoms with Crippen LogP contribution < -0.4 is 5.32 Å². The zero-order valence-electron chi connectivity index (χ0n) is 18.7. The van der Waals surface area contributed by atoms with Gasteiger partial charge in [0.25, 0.3) is 5.91 Å². The van der Waals surface area contributed by atoms with Crippen LogP contribution in [0.25, 0.3) is 0 Å². The zero-order chi connectivity index (χ0) is 22.6. The molecule has 1 saturated heterocycles. The summed E-state index contributed by atoms with van der Waals surface area (Å²) in [4.78, 5) is 25.3. The van der Waals surface area contributed by atoms with E-state index in [1.807, 2.05) is 6.92 Å². The van der Waals surface area contributed by atoms with E-state index in [1.165, 1.54) is 10.7 Å². The summed E-state index contributed by atoms with van der Waals surface area (Å²) in [6, 6.07) is 6.91. The number of aryl methyl sites for hydroxylation is 1. The number of esters is 1. The van der Waals surface area contributed by atoms with E-state index in [1.54, 1.807) is 31.2 Å². The van der Waals surface area contributed by atoms with Gasteiger partial charge in [-0.2, -0.15) is 4.31 Å². The summed E-state index contributed by atoms with van der Waals surface area (Å²) in [7, 11) is -3.57. The number of piperidine rings is 1. The number of ether oxygens (including phenoxy) is 1. The topological polar surface area (TPSA) is 92.8 Å². The minimum Gasteiger partial charge on any atom is -0.452 e. The Bertz CT molecular complexity index is 876. The van der Waals surface area contributed by atoms with Gasteiger partial charge in [-0.05, 0) is 57.6 Å². The van der Waals surface area contributed by atoms with Crippen LogP contribution in [0.4, 0.5) is 0 Å². The summed E-state index contributed by atoms with van der Waals surface area (Å²) in [5.74, 6) is -0.646. The monoisotopic (exact) mass is 450 g/mol. The first-order chi connectivity index (χ1) is 14.7. The number of nitrogens with zero attached hydrogens (tertiary/aromatic N) is 1. The summed E-state index contributed by atoms with van der Waals surface area (Å²) in [6.07, 6.45) is 4.28. The molecule has 1 saturated carbocycles. The van der Waals surface area contributed by atoms with E-state index in [0.717, 1.165) is 24.8 Å². The van der Waals surface area contributed by atoms with Crippen LogP contribution in [0.1, 0.15) is 57.9 Å². The predicted octanol–water partition coefficient (Wildman–Crippen LogP) is 3.02. The molecule has 7 nitrogen and oxygen atoms in total. The van der Waals surface area contributed by atoms with Gasteiger partial charge in [-0.15, -0.1) is 0 Å². The molecule has 1 aromatic rings. The lowest BCUT2D eigenvalue weighted by Gasteiger charge is -2.32. The van der Waals surface area contributed by atoms with Gasteiger partial charge in [0, 0.05) is 19.1 Å². The Balaban J connectivity index is 1.49. The minimum absolute atomic E-state index is 0.137. The second-order valence-corrected chi connectivity index (χ2v) is 10.9. The van der Waals surface area contributed by atoms with Gasteiger partial charge in [0.2, 0.25) is 10.0 Å². The largest absolute Gasteiger partial charge is 0.452 e. The molecule has 0 radical (unpaired) electrons.